The molecule has 0 saturated heterocycles. The largest absolute Gasteiger partial charge is 0.319 e. The minimum absolute atomic E-state index is 0.0490. The first kappa shape index (κ1) is 14.6. The Morgan fingerprint density at radius 2 is 1.95 bits per heavy atom. The number of anilines is 1. The highest BCUT2D eigenvalue weighted by molar-refractivity contribution is 6.05. The predicted octanol–water partition coefficient (Wildman–Crippen LogP) is 3.43. The van der Waals surface area contributed by atoms with Crippen LogP contribution in [0.2, 0.25) is 0 Å². The van der Waals surface area contributed by atoms with Crippen LogP contribution in [0.4, 0.5) is 20.2 Å². The van der Waals surface area contributed by atoms with Crippen LogP contribution in [-0.2, 0) is 0 Å². The van der Waals surface area contributed by atoms with Crippen molar-refractivity contribution in [1.82, 2.24) is 0 Å². The first-order chi connectivity index (χ1) is 9.90. The number of nitrogens with zero attached hydrogens (tertiary/aromatic N) is 1. The molecular formula is C14H10F2N2O3. The number of hydrogen-bond acceptors (Lipinski definition) is 3. The van der Waals surface area contributed by atoms with E-state index in [1.54, 1.807) is 0 Å². The quantitative estimate of drug-likeness (QED) is 0.695. The molecule has 2 aromatic rings. The summed E-state index contributed by atoms with van der Waals surface area (Å²) in [6.07, 6.45) is 0. The third-order valence-corrected chi connectivity index (χ3v) is 2.93. The van der Waals surface area contributed by atoms with E-state index in [0.717, 1.165) is 12.1 Å². The fourth-order valence-electron chi connectivity index (χ4n) is 1.85. The fraction of sp³-hybridized carbons (Fsp3) is 0.0714. The van der Waals surface area contributed by atoms with Crippen LogP contribution >= 0.6 is 0 Å². The zero-order valence-electron chi connectivity index (χ0n) is 10.9. The minimum Gasteiger partial charge on any atom is -0.319 e. The molecule has 0 bridgehead atoms. The number of carbonyl (C=O) groups excluding carboxylic acids is 1. The zero-order chi connectivity index (χ0) is 15.6. The maximum atomic E-state index is 13.5. The van der Waals surface area contributed by atoms with Gasteiger partial charge in [0.25, 0.3) is 11.6 Å². The van der Waals surface area contributed by atoms with Crippen LogP contribution in [-0.4, -0.2) is 10.8 Å². The van der Waals surface area contributed by atoms with Gasteiger partial charge < -0.3 is 5.32 Å². The third-order valence-electron chi connectivity index (χ3n) is 2.93. The van der Waals surface area contributed by atoms with Gasteiger partial charge in [-0.3, -0.25) is 14.9 Å². The van der Waals surface area contributed by atoms with Crippen molar-refractivity contribution in [2.75, 3.05) is 5.32 Å². The summed E-state index contributed by atoms with van der Waals surface area (Å²) >= 11 is 0. The normalized spacial score (nSPS) is 10.2. The molecule has 0 aliphatic heterocycles. The lowest BCUT2D eigenvalue weighted by Crippen LogP contribution is -2.15. The molecule has 2 aromatic carbocycles. The Kier molecular flexibility index (Phi) is 3.93. The van der Waals surface area contributed by atoms with Gasteiger partial charge in [-0.15, -0.1) is 0 Å². The van der Waals surface area contributed by atoms with E-state index in [-0.39, 0.29) is 22.5 Å². The average molecular weight is 292 g/mol. The Bertz CT molecular complexity index is 732. The second kappa shape index (κ2) is 5.66. The summed E-state index contributed by atoms with van der Waals surface area (Å²) in [6.45, 7) is 1.42. The molecule has 0 heterocycles. The SMILES string of the molecule is Cc1c(C(=O)Nc2ccc(F)cc2F)cccc1[N+](=O)[O-]. The molecule has 7 heteroatoms. The van der Waals surface area contributed by atoms with Gasteiger partial charge in [-0.1, -0.05) is 6.07 Å². The molecule has 0 fully saturated rings. The van der Waals surface area contributed by atoms with Crippen LogP contribution in [0.5, 0.6) is 0 Å². The Hall–Kier alpha value is -2.83. The van der Waals surface area contributed by atoms with E-state index < -0.39 is 22.5 Å². The number of nitro benzene ring substituents is 1. The van der Waals surface area contributed by atoms with Crippen molar-refractivity contribution >= 4 is 17.3 Å². The number of carbonyl (C=O) groups is 1. The van der Waals surface area contributed by atoms with Crippen molar-refractivity contribution in [3.05, 3.63) is 69.3 Å². The zero-order valence-corrected chi connectivity index (χ0v) is 10.9. The molecule has 0 spiro atoms. The molecule has 0 aliphatic rings. The molecule has 0 atom stereocenters. The van der Waals surface area contributed by atoms with E-state index in [4.69, 9.17) is 0 Å². The number of nitrogens with one attached hydrogen (secondary N) is 1. The van der Waals surface area contributed by atoms with Crippen LogP contribution in [0.15, 0.2) is 36.4 Å². The maximum absolute atomic E-state index is 13.5. The molecule has 0 aliphatic carbocycles. The smallest absolute Gasteiger partial charge is 0.273 e. The monoisotopic (exact) mass is 292 g/mol. The maximum Gasteiger partial charge on any atom is 0.273 e. The van der Waals surface area contributed by atoms with Crippen LogP contribution in [0, 0.1) is 28.7 Å². The number of rotatable bonds is 3. The summed E-state index contributed by atoms with van der Waals surface area (Å²) in [4.78, 5) is 22.3. The molecule has 5 nitrogen and oxygen atoms in total. The minimum atomic E-state index is -0.925. The predicted molar refractivity (Wildman–Crippen MR) is 72.1 cm³/mol. The number of amides is 1. The molecule has 0 radical (unpaired) electrons. The van der Waals surface area contributed by atoms with E-state index in [9.17, 15) is 23.7 Å². The summed E-state index contributed by atoms with van der Waals surface area (Å²) in [6, 6.07) is 6.73. The van der Waals surface area contributed by atoms with E-state index in [1.165, 1.54) is 25.1 Å². The lowest BCUT2D eigenvalue weighted by molar-refractivity contribution is -0.385. The van der Waals surface area contributed by atoms with Crippen molar-refractivity contribution in [2.24, 2.45) is 0 Å². The third kappa shape index (κ3) is 3.02. The van der Waals surface area contributed by atoms with E-state index in [2.05, 4.69) is 5.32 Å². The van der Waals surface area contributed by atoms with Gasteiger partial charge in [-0.2, -0.15) is 0 Å². The van der Waals surface area contributed by atoms with Gasteiger partial charge in [-0.05, 0) is 25.1 Å². The van der Waals surface area contributed by atoms with Crippen molar-refractivity contribution in [1.29, 1.82) is 0 Å². The molecule has 0 saturated carbocycles. The van der Waals surface area contributed by atoms with Crippen LogP contribution < -0.4 is 5.32 Å². The first-order valence-electron chi connectivity index (χ1n) is 5.90. The van der Waals surface area contributed by atoms with Gasteiger partial charge >= 0.3 is 0 Å². The molecule has 1 amide bonds. The van der Waals surface area contributed by atoms with E-state index in [1.807, 2.05) is 0 Å². The Morgan fingerprint density at radius 3 is 2.57 bits per heavy atom. The summed E-state index contributed by atoms with van der Waals surface area (Å²) in [5, 5.41) is 13.1. The molecular weight excluding hydrogens is 282 g/mol. The molecule has 21 heavy (non-hydrogen) atoms. The fourth-order valence-corrected chi connectivity index (χ4v) is 1.85. The van der Waals surface area contributed by atoms with Crippen LogP contribution in [0.3, 0.4) is 0 Å². The molecule has 0 unspecified atom stereocenters. The average Bonchev–Trinajstić information content (AvgIpc) is 2.41. The summed E-state index contributed by atoms with van der Waals surface area (Å²) in [5.74, 6) is -2.40. The van der Waals surface area contributed by atoms with E-state index in [0.29, 0.717) is 6.07 Å². The Balaban J connectivity index is 2.33. The topological polar surface area (TPSA) is 72.2 Å². The second-order valence-corrected chi connectivity index (χ2v) is 4.29. The van der Waals surface area contributed by atoms with Crippen molar-refractivity contribution in [3.63, 3.8) is 0 Å². The summed E-state index contributed by atoms with van der Waals surface area (Å²) < 4.78 is 26.3. The van der Waals surface area contributed by atoms with Gasteiger partial charge in [0.05, 0.1) is 10.6 Å². The van der Waals surface area contributed by atoms with Gasteiger partial charge in [0, 0.05) is 23.3 Å². The van der Waals surface area contributed by atoms with Gasteiger partial charge in [0.2, 0.25) is 0 Å². The highest BCUT2D eigenvalue weighted by Gasteiger charge is 2.18. The summed E-state index contributed by atoms with van der Waals surface area (Å²) in [5.41, 5.74) is -0.190. The molecule has 0 aromatic heterocycles. The van der Waals surface area contributed by atoms with Gasteiger partial charge in [0.1, 0.15) is 11.6 Å². The Morgan fingerprint density at radius 1 is 1.24 bits per heavy atom. The standard InChI is InChI=1S/C14H10F2N2O3/c1-8-10(3-2-4-13(8)18(20)21)14(19)17-12-6-5-9(15)7-11(12)16/h2-7H,1H3,(H,17,19). The summed E-state index contributed by atoms with van der Waals surface area (Å²) in [7, 11) is 0. The second-order valence-electron chi connectivity index (χ2n) is 4.29. The number of halogens is 2. The van der Waals surface area contributed by atoms with E-state index >= 15 is 0 Å². The molecule has 1 N–H and O–H groups in total. The van der Waals surface area contributed by atoms with Gasteiger partial charge in [0.15, 0.2) is 0 Å². The molecule has 2 rings (SSSR count). The number of nitro groups is 1. The van der Waals surface area contributed by atoms with Crippen molar-refractivity contribution in [2.45, 2.75) is 6.92 Å². The lowest BCUT2D eigenvalue weighted by atomic mass is 10.1. The highest BCUT2D eigenvalue weighted by atomic mass is 19.1. The van der Waals surface area contributed by atoms with Crippen LogP contribution in [0.1, 0.15) is 15.9 Å². The van der Waals surface area contributed by atoms with Crippen molar-refractivity contribution in [3.8, 4) is 0 Å². The molecule has 108 valence electrons. The van der Waals surface area contributed by atoms with Crippen LogP contribution in [0.25, 0.3) is 0 Å². The first-order valence-corrected chi connectivity index (χ1v) is 5.90. The highest BCUT2D eigenvalue weighted by Crippen LogP contribution is 2.23. The number of benzene rings is 2. The van der Waals surface area contributed by atoms with Crippen molar-refractivity contribution < 1.29 is 18.5 Å². The Labute approximate surface area is 118 Å². The van der Waals surface area contributed by atoms with Gasteiger partial charge in [-0.25, -0.2) is 8.78 Å². The number of hydrogen-bond donors (Lipinski definition) is 1. The lowest BCUT2D eigenvalue weighted by Gasteiger charge is -2.08.